The van der Waals surface area contributed by atoms with Crippen LogP contribution in [0.5, 0.6) is 17.2 Å². The van der Waals surface area contributed by atoms with Crippen LogP contribution in [0.2, 0.25) is 0 Å². The van der Waals surface area contributed by atoms with E-state index < -0.39 is 0 Å². The van der Waals surface area contributed by atoms with Gasteiger partial charge in [-0.15, -0.1) is 0 Å². The molecular weight excluding hydrogens is 440 g/mol. The quantitative estimate of drug-likeness (QED) is 0.357. The maximum absolute atomic E-state index is 10.5. The molecule has 1 aliphatic rings. The standard InChI is InChI=1S/C29H28N2O4/c1-31-15-13-25(14-16-31)35-27-9-4-8-26(19-27)34-21-24-7-2-3-10-28(24)30-20-23-12-11-22(6-5-17-32)18-29(23)33/h2-12,17-19,25H,13-16,21H2,1H3/p+1. The normalized spacial score (nSPS) is 14.3. The summed E-state index contributed by atoms with van der Waals surface area (Å²) in [5.74, 6) is 1.59. The number of nitrogens with zero attached hydrogens (tertiary/aromatic N) is 2. The van der Waals surface area contributed by atoms with Crippen molar-refractivity contribution < 1.29 is 19.4 Å². The number of phenolic OH excluding ortho intramolecular Hbond substituents is 1. The number of ether oxygens (including phenoxy) is 2. The van der Waals surface area contributed by atoms with Crippen LogP contribution < -0.4 is 9.47 Å². The molecule has 178 valence electrons. The fraction of sp³-hybridized carbons (Fsp3) is 0.241. The number of piperidine rings is 1. The van der Waals surface area contributed by atoms with Crippen molar-refractivity contribution in [1.82, 2.24) is 4.90 Å². The summed E-state index contributed by atoms with van der Waals surface area (Å²) in [6.45, 7) is 2.43. The molecule has 6 heteroatoms. The molecule has 0 atom stereocenters. The molecule has 0 radical (unpaired) electrons. The van der Waals surface area contributed by atoms with E-state index in [0.717, 1.165) is 48.6 Å². The Balaban J connectivity index is 1.42. The summed E-state index contributed by atoms with van der Waals surface area (Å²) in [5.41, 5.74) is 2.78. The highest BCUT2D eigenvalue weighted by molar-refractivity contribution is 5.74. The predicted octanol–water partition coefficient (Wildman–Crippen LogP) is 5.67. The van der Waals surface area contributed by atoms with Crippen LogP contribution in [0.1, 0.15) is 29.5 Å². The van der Waals surface area contributed by atoms with Gasteiger partial charge in [0.2, 0.25) is 0 Å². The van der Waals surface area contributed by atoms with Crippen LogP contribution in [0.3, 0.4) is 0 Å². The second-order valence-electron chi connectivity index (χ2n) is 8.51. The summed E-state index contributed by atoms with van der Waals surface area (Å²) >= 11 is 0. The molecule has 4 rings (SSSR count). The number of carbonyl (C=O) groups is 1. The first kappa shape index (κ1) is 24.1. The average molecular weight is 470 g/mol. The molecule has 1 aliphatic heterocycles. The summed E-state index contributed by atoms with van der Waals surface area (Å²) in [6.07, 6.45) is 5.97. The van der Waals surface area contributed by atoms with E-state index in [0.29, 0.717) is 24.1 Å². The summed E-state index contributed by atoms with van der Waals surface area (Å²) in [6, 6.07) is 23.4. The van der Waals surface area contributed by atoms with Crippen molar-refractivity contribution in [3.05, 3.63) is 94.3 Å². The molecule has 35 heavy (non-hydrogen) atoms. The number of para-hydroxylation sites is 1. The molecule has 1 fully saturated rings. The maximum Gasteiger partial charge on any atom is 0.347 e. The molecule has 1 saturated heterocycles. The number of allylic oxidation sites excluding steroid dienone is 1. The highest BCUT2D eigenvalue weighted by Gasteiger charge is 2.18. The van der Waals surface area contributed by atoms with E-state index in [1.54, 1.807) is 24.3 Å². The van der Waals surface area contributed by atoms with Crippen LogP contribution in [0, 0.1) is 6.07 Å². The second kappa shape index (κ2) is 11.9. The molecular formula is C29H29N2O4+. The van der Waals surface area contributed by atoms with Crippen molar-refractivity contribution in [2.24, 2.45) is 0 Å². The first-order valence-corrected chi connectivity index (χ1v) is 11.7. The van der Waals surface area contributed by atoms with Gasteiger partial charge in [-0.2, -0.15) is 0 Å². The Bertz CT molecular complexity index is 1250. The number of aromatic hydroxyl groups is 1. The summed E-state index contributed by atoms with van der Waals surface area (Å²) in [7, 11) is 2.14. The van der Waals surface area contributed by atoms with E-state index in [9.17, 15) is 9.90 Å². The number of hydrogen-bond acceptors (Lipinski definition) is 5. The molecule has 0 spiro atoms. The lowest BCUT2D eigenvalue weighted by atomic mass is 10.1. The molecule has 0 unspecified atom stereocenters. The molecule has 3 aromatic rings. The van der Waals surface area contributed by atoms with Crippen molar-refractivity contribution >= 4 is 18.0 Å². The van der Waals surface area contributed by atoms with Crippen LogP contribution in [-0.2, 0) is 11.4 Å². The molecule has 0 aliphatic carbocycles. The SMILES string of the molecule is CN1CCC(Oc2cccc(OCc3ccccc3[N+]#Cc3ccc(C=CC=O)cc3O)c2)CC1. The Labute approximate surface area is 205 Å². The van der Waals surface area contributed by atoms with Gasteiger partial charge in [0.25, 0.3) is 0 Å². The predicted molar refractivity (Wildman–Crippen MR) is 138 cm³/mol. The maximum atomic E-state index is 10.5. The topological polar surface area (TPSA) is 63.4 Å². The highest BCUT2D eigenvalue weighted by Crippen LogP contribution is 2.26. The van der Waals surface area contributed by atoms with Crippen molar-refractivity contribution in [2.45, 2.75) is 25.6 Å². The molecule has 0 saturated carbocycles. The number of hydrogen-bond donors (Lipinski definition) is 1. The van der Waals surface area contributed by atoms with Gasteiger partial charge in [0.05, 0.1) is 5.56 Å². The molecule has 3 aromatic carbocycles. The minimum Gasteiger partial charge on any atom is -0.506 e. The Morgan fingerprint density at radius 2 is 1.86 bits per heavy atom. The van der Waals surface area contributed by atoms with Gasteiger partial charge in [-0.3, -0.25) is 4.79 Å². The van der Waals surface area contributed by atoms with Gasteiger partial charge in [0.1, 0.15) is 41.8 Å². The minimum absolute atomic E-state index is 0.0388. The number of aldehydes is 1. The highest BCUT2D eigenvalue weighted by atomic mass is 16.5. The van der Waals surface area contributed by atoms with Gasteiger partial charge in [-0.1, -0.05) is 30.3 Å². The lowest BCUT2D eigenvalue weighted by Crippen LogP contribution is -2.35. The molecule has 0 bridgehead atoms. The number of rotatable bonds is 7. The van der Waals surface area contributed by atoms with Crippen LogP contribution in [-0.4, -0.2) is 42.5 Å². The molecule has 1 heterocycles. The first-order valence-electron chi connectivity index (χ1n) is 11.7. The molecule has 6 nitrogen and oxygen atoms in total. The number of benzene rings is 3. The zero-order chi connectivity index (χ0) is 24.5. The largest absolute Gasteiger partial charge is 0.506 e. The van der Waals surface area contributed by atoms with E-state index in [2.05, 4.69) is 22.9 Å². The minimum atomic E-state index is 0.0388. The summed E-state index contributed by atoms with van der Waals surface area (Å²) < 4.78 is 12.2. The van der Waals surface area contributed by atoms with E-state index in [4.69, 9.17) is 9.47 Å². The van der Waals surface area contributed by atoms with Crippen LogP contribution in [0.15, 0.2) is 72.8 Å². The van der Waals surface area contributed by atoms with Gasteiger partial charge in [0.15, 0.2) is 0 Å². The fourth-order valence-electron chi connectivity index (χ4n) is 3.85. The zero-order valence-electron chi connectivity index (χ0n) is 19.8. The number of phenols is 1. The van der Waals surface area contributed by atoms with Crippen molar-refractivity contribution in [3.63, 3.8) is 0 Å². The van der Waals surface area contributed by atoms with Gasteiger partial charge < -0.3 is 19.5 Å². The third kappa shape index (κ3) is 6.95. The first-order chi connectivity index (χ1) is 17.1. The fourth-order valence-corrected chi connectivity index (χ4v) is 3.85. The van der Waals surface area contributed by atoms with E-state index >= 15 is 0 Å². The summed E-state index contributed by atoms with van der Waals surface area (Å²) in [4.78, 5) is 17.2. The second-order valence-corrected chi connectivity index (χ2v) is 8.51. The van der Waals surface area contributed by atoms with Gasteiger partial charge in [-0.05, 0) is 66.7 Å². The third-order valence-corrected chi connectivity index (χ3v) is 5.85. The lowest BCUT2D eigenvalue weighted by Gasteiger charge is -2.29. The smallest absolute Gasteiger partial charge is 0.347 e. The Morgan fingerprint density at radius 1 is 1.06 bits per heavy atom. The van der Waals surface area contributed by atoms with E-state index in [1.807, 2.05) is 48.5 Å². The Morgan fingerprint density at radius 3 is 2.66 bits per heavy atom. The van der Waals surface area contributed by atoms with Crippen LogP contribution >= 0.6 is 0 Å². The van der Waals surface area contributed by atoms with Gasteiger partial charge in [-0.25, -0.2) is 0 Å². The third-order valence-electron chi connectivity index (χ3n) is 5.85. The molecule has 1 N–H and O–H groups in total. The Hall–Kier alpha value is -4.08. The van der Waals surface area contributed by atoms with Crippen LogP contribution in [0.25, 0.3) is 10.9 Å². The average Bonchev–Trinajstić information content (AvgIpc) is 2.88. The number of carbonyl (C=O) groups excluding carboxylic acids is 1. The van der Waals surface area contributed by atoms with Crippen molar-refractivity contribution in [2.75, 3.05) is 20.1 Å². The van der Waals surface area contributed by atoms with Crippen LogP contribution in [0.4, 0.5) is 5.69 Å². The van der Waals surface area contributed by atoms with Gasteiger partial charge in [0, 0.05) is 25.2 Å². The van der Waals surface area contributed by atoms with Crippen molar-refractivity contribution in [1.29, 1.82) is 0 Å². The monoisotopic (exact) mass is 469 g/mol. The van der Waals surface area contributed by atoms with E-state index in [-0.39, 0.29) is 11.9 Å². The molecule has 0 aromatic heterocycles. The molecule has 0 amide bonds. The van der Waals surface area contributed by atoms with Crippen molar-refractivity contribution in [3.8, 4) is 23.3 Å². The number of likely N-dealkylation sites (tertiary alicyclic amines) is 1. The zero-order valence-corrected chi connectivity index (χ0v) is 19.8. The van der Waals surface area contributed by atoms with Gasteiger partial charge >= 0.3 is 11.8 Å². The Kier molecular flexibility index (Phi) is 8.16. The summed E-state index contributed by atoms with van der Waals surface area (Å²) in [5, 5.41) is 10.3. The lowest BCUT2D eigenvalue weighted by molar-refractivity contribution is -0.104. The van der Waals surface area contributed by atoms with E-state index in [1.165, 1.54) is 6.08 Å².